The molecule has 102 valence electrons. The minimum Gasteiger partial charge on any atom is -0.395 e. The fourth-order valence-electron chi connectivity index (χ4n) is 1.68. The molecule has 0 aliphatic rings. The number of benzene rings is 1. The average Bonchev–Trinajstić information content (AvgIpc) is 2.35. The maximum atomic E-state index is 13.5. The molecule has 5 nitrogen and oxygen atoms in total. The van der Waals surface area contributed by atoms with Gasteiger partial charge in [-0.1, -0.05) is 13.0 Å². The van der Waals surface area contributed by atoms with E-state index in [-0.39, 0.29) is 36.7 Å². The highest BCUT2D eigenvalue weighted by Crippen LogP contribution is 2.22. The number of sulfonamides is 1. The second-order valence-corrected chi connectivity index (χ2v) is 5.55. The molecular formula is C11H17FN2O3S. The van der Waals surface area contributed by atoms with Gasteiger partial charge in [0.05, 0.1) is 11.5 Å². The first-order valence-electron chi connectivity index (χ1n) is 5.57. The summed E-state index contributed by atoms with van der Waals surface area (Å²) in [5.74, 6) is -0.640. The van der Waals surface area contributed by atoms with Gasteiger partial charge in [-0.2, -0.15) is 4.31 Å². The van der Waals surface area contributed by atoms with E-state index >= 15 is 0 Å². The number of nitrogens with two attached hydrogens (primary N) is 1. The SMILES string of the molecule is CCN(CCO)S(=O)(=O)c1cccc(F)c1CN. The van der Waals surface area contributed by atoms with Crippen LogP contribution in [0.4, 0.5) is 4.39 Å². The van der Waals surface area contributed by atoms with Crippen molar-refractivity contribution >= 4 is 10.0 Å². The van der Waals surface area contributed by atoms with E-state index in [9.17, 15) is 12.8 Å². The monoisotopic (exact) mass is 276 g/mol. The van der Waals surface area contributed by atoms with Crippen molar-refractivity contribution in [1.82, 2.24) is 4.31 Å². The third kappa shape index (κ3) is 2.86. The van der Waals surface area contributed by atoms with Crippen molar-refractivity contribution in [2.45, 2.75) is 18.4 Å². The lowest BCUT2D eigenvalue weighted by Gasteiger charge is -2.21. The highest BCUT2D eigenvalue weighted by molar-refractivity contribution is 7.89. The number of rotatable bonds is 6. The van der Waals surface area contributed by atoms with Gasteiger partial charge in [0, 0.05) is 25.2 Å². The molecule has 1 aromatic carbocycles. The third-order valence-corrected chi connectivity index (χ3v) is 4.66. The smallest absolute Gasteiger partial charge is 0.243 e. The Bertz CT molecular complexity index is 505. The van der Waals surface area contributed by atoms with Crippen molar-refractivity contribution in [3.8, 4) is 0 Å². The number of hydrogen-bond acceptors (Lipinski definition) is 4. The quantitative estimate of drug-likeness (QED) is 0.782. The van der Waals surface area contributed by atoms with Gasteiger partial charge in [0.25, 0.3) is 0 Å². The summed E-state index contributed by atoms with van der Waals surface area (Å²) < 4.78 is 39.2. The van der Waals surface area contributed by atoms with Crippen molar-refractivity contribution in [2.75, 3.05) is 19.7 Å². The number of likely N-dealkylation sites (N-methyl/N-ethyl adjacent to an activating group) is 1. The summed E-state index contributed by atoms with van der Waals surface area (Å²) >= 11 is 0. The van der Waals surface area contributed by atoms with E-state index in [1.54, 1.807) is 6.92 Å². The van der Waals surface area contributed by atoms with Crippen LogP contribution in [0.3, 0.4) is 0 Å². The van der Waals surface area contributed by atoms with Gasteiger partial charge in [-0.25, -0.2) is 12.8 Å². The van der Waals surface area contributed by atoms with Crippen LogP contribution in [0.2, 0.25) is 0 Å². The van der Waals surface area contributed by atoms with Gasteiger partial charge >= 0.3 is 0 Å². The first-order valence-corrected chi connectivity index (χ1v) is 7.01. The van der Waals surface area contributed by atoms with Gasteiger partial charge in [0.15, 0.2) is 0 Å². The lowest BCUT2D eigenvalue weighted by atomic mass is 10.2. The lowest BCUT2D eigenvalue weighted by molar-refractivity contribution is 0.257. The van der Waals surface area contributed by atoms with Crippen LogP contribution in [-0.2, 0) is 16.6 Å². The highest BCUT2D eigenvalue weighted by Gasteiger charge is 2.26. The highest BCUT2D eigenvalue weighted by atomic mass is 32.2. The van der Waals surface area contributed by atoms with Crippen LogP contribution in [0.25, 0.3) is 0 Å². The predicted octanol–water partition coefficient (Wildman–Crippen LogP) is 0.287. The molecule has 0 heterocycles. The number of hydrogen-bond donors (Lipinski definition) is 2. The zero-order chi connectivity index (χ0) is 13.8. The Morgan fingerprint density at radius 1 is 1.44 bits per heavy atom. The minimum absolute atomic E-state index is 0.0284. The summed E-state index contributed by atoms with van der Waals surface area (Å²) in [7, 11) is -3.83. The topological polar surface area (TPSA) is 83.6 Å². The molecule has 0 unspecified atom stereocenters. The number of aliphatic hydroxyl groups is 1. The van der Waals surface area contributed by atoms with Gasteiger partial charge < -0.3 is 10.8 Å². The summed E-state index contributed by atoms with van der Waals surface area (Å²) in [6.07, 6.45) is 0. The Labute approximate surface area is 106 Å². The molecule has 0 aliphatic carbocycles. The van der Waals surface area contributed by atoms with Crippen molar-refractivity contribution in [3.63, 3.8) is 0 Å². The first-order chi connectivity index (χ1) is 8.48. The number of aliphatic hydroxyl groups excluding tert-OH is 1. The van der Waals surface area contributed by atoms with Crippen molar-refractivity contribution in [3.05, 3.63) is 29.6 Å². The Morgan fingerprint density at radius 2 is 2.11 bits per heavy atom. The molecule has 0 amide bonds. The van der Waals surface area contributed by atoms with E-state index in [0.717, 1.165) is 4.31 Å². The average molecular weight is 276 g/mol. The molecule has 0 saturated heterocycles. The summed E-state index contributed by atoms with van der Waals surface area (Å²) in [5.41, 5.74) is 5.36. The standard InChI is InChI=1S/C11H17FN2O3S/c1-2-14(6-7-15)18(16,17)11-5-3-4-10(12)9(11)8-13/h3-5,15H,2,6-8,13H2,1H3. The molecular weight excluding hydrogens is 259 g/mol. The Morgan fingerprint density at radius 3 is 2.61 bits per heavy atom. The zero-order valence-electron chi connectivity index (χ0n) is 10.1. The minimum atomic E-state index is -3.83. The van der Waals surface area contributed by atoms with E-state index in [4.69, 9.17) is 10.8 Å². The van der Waals surface area contributed by atoms with Crippen LogP contribution in [0.15, 0.2) is 23.1 Å². The van der Waals surface area contributed by atoms with E-state index in [1.807, 2.05) is 0 Å². The molecule has 18 heavy (non-hydrogen) atoms. The van der Waals surface area contributed by atoms with Gasteiger partial charge in [-0.15, -0.1) is 0 Å². The van der Waals surface area contributed by atoms with Crippen molar-refractivity contribution in [1.29, 1.82) is 0 Å². The third-order valence-electron chi connectivity index (χ3n) is 2.60. The Kier molecular flexibility index (Phi) is 5.21. The van der Waals surface area contributed by atoms with Crippen LogP contribution in [-0.4, -0.2) is 37.5 Å². The van der Waals surface area contributed by atoms with E-state index in [0.29, 0.717) is 0 Å². The zero-order valence-corrected chi connectivity index (χ0v) is 11.0. The van der Waals surface area contributed by atoms with E-state index < -0.39 is 15.8 Å². The molecule has 7 heteroatoms. The lowest BCUT2D eigenvalue weighted by Crippen LogP contribution is -2.34. The summed E-state index contributed by atoms with van der Waals surface area (Å²) in [4.78, 5) is -0.139. The molecule has 0 atom stereocenters. The normalized spacial score (nSPS) is 12.1. The van der Waals surface area contributed by atoms with Crippen LogP contribution >= 0.6 is 0 Å². The van der Waals surface area contributed by atoms with Gasteiger partial charge in [-0.3, -0.25) is 0 Å². The fourth-order valence-corrected chi connectivity index (χ4v) is 3.36. The molecule has 1 aromatic rings. The molecule has 1 rings (SSSR count). The second-order valence-electron chi connectivity index (χ2n) is 3.64. The predicted molar refractivity (Wildman–Crippen MR) is 65.8 cm³/mol. The molecule has 0 aliphatic heterocycles. The van der Waals surface area contributed by atoms with Crippen LogP contribution < -0.4 is 5.73 Å². The van der Waals surface area contributed by atoms with Gasteiger partial charge in [0.2, 0.25) is 10.0 Å². The van der Waals surface area contributed by atoms with Gasteiger partial charge in [-0.05, 0) is 12.1 Å². The van der Waals surface area contributed by atoms with Crippen LogP contribution in [0, 0.1) is 5.82 Å². The summed E-state index contributed by atoms with van der Waals surface area (Å²) in [6.45, 7) is 1.33. The number of halogens is 1. The van der Waals surface area contributed by atoms with E-state index in [1.165, 1.54) is 18.2 Å². The maximum absolute atomic E-state index is 13.5. The fraction of sp³-hybridized carbons (Fsp3) is 0.455. The van der Waals surface area contributed by atoms with Gasteiger partial charge in [0.1, 0.15) is 5.82 Å². The second kappa shape index (κ2) is 6.24. The molecule has 0 radical (unpaired) electrons. The molecule has 0 bridgehead atoms. The molecule has 0 saturated carbocycles. The maximum Gasteiger partial charge on any atom is 0.243 e. The molecule has 3 N–H and O–H groups in total. The van der Waals surface area contributed by atoms with Crippen molar-refractivity contribution in [2.24, 2.45) is 5.73 Å². The van der Waals surface area contributed by atoms with Crippen LogP contribution in [0.1, 0.15) is 12.5 Å². The summed E-state index contributed by atoms with van der Waals surface area (Å²) in [5, 5.41) is 8.85. The summed E-state index contributed by atoms with van der Waals surface area (Å²) in [6, 6.07) is 3.82. The number of nitrogens with zero attached hydrogens (tertiary/aromatic N) is 1. The first kappa shape index (κ1) is 15.0. The van der Waals surface area contributed by atoms with Crippen molar-refractivity contribution < 1.29 is 17.9 Å². The Balaban J connectivity index is 3.31. The molecule has 0 fully saturated rings. The molecule has 0 spiro atoms. The van der Waals surface area contributed by atoms with E-state index in [2.05, 4.69) is 0 Å². The molecule has 0 aromatic heterocycles. The Hall–Kier alpha value is -1.02. The van der Waals surface area contributed by atoms with Crippen LogP contribution in [0.5, 0.6) is 0 Å². The largest absolute Gasteiger partial charge is 0.395 e.